The smallest absolute Gasteiger partial charge is 0.325 e. The molecule has 0 amide bonds. The van der Waals surface area contributed by atoms with Gasteiger partial charge in [0, 0.05) is 5.92 Å². The Morgan fingerprint density at radius 3 is 3.33 bits per heavy atom. The molecule has 4 nitrogen and oxygen atoms in total. The van der Waals surface area contributed by atoms with E-state index < -0.39 is 0 Å². The molecule has 1 aliphatic carbocycles. The molecule has 1 heterocycles. The standard InChI is InChI=1S/C8H11NO3/c1-11-8(10)7-5-3-2-4-6(5)12-9-7/h2,4-7,9H,3H2,1H3/t5-,6+,7+/m1/s1. The monoisotopic (exact) mass is 169 g/mol. The molecule has 66 valence electrons. The lowest BCUT2D eigenvalue weighted by atomic mass is 9.97. The molecule has 1 fully saturated rings. The van der Waals surface area contributed by atoms with Crippen molar-refractivity contribution in [2.24, 2.45) is 5.92 Å². The number of fused-ring (bicyclic) bond motifs is 1. The first-order valence-corrected chi connectivity index (χ1v) is 3.98. The Labute approximate surface area is 70.5 Å². The molecule has 1 aliphatic heterocycles. The first-order valence-electron chi connectivity index (χ1n) is 3.98. The minimum atomic E-state index is -0.296. The summed E-state index contributed by atoms with van der Waals surface area (Å²) in [5.74, 6) is -0.0244. The predicted octanol–water partition coefficient (Wildman–Crippen LogP) is 0.00750. The van der Waals surface area contributed by atoms with Gasteiger partial charge >= 0.3 is 5.97 Å². The number of methoxy groups -OCH3 is 1. The van der Waals surface area contributed by atoms with Crippen molar-refractivity contribution in [2.45, 2.75) is 18.6 Å². The largest absolute Gasteiger partial charge is 0.468 e. The number of carbonyl (C=O) groups excluding carboxylic acids is 1. The zero-order valence-corrected chi connectivity index (χ0v) is 6.82. The van der Waals surface area contributed by atoms with Crippen molar-refractivity contribution in [1.29, 1.82) is 0 Å². The highest BCUT2D eigenvalue weighted by atomic mass is 16.7. The third kappa shape index (κ3) is 1.04. The molecule has 0 aromatic rings. The van der Waals surface area contributed by atoms with E-state index in [0.717, 1.165) is 6.42 Å². The highest BCUT2D eigenvalue weighted by Crippen LogP contribution is 2.29. The number of esters is 1. The van der Waals surface area contributed by atoms with Crippen molar-refractivity contribution in [2.75, 3.05) is 7.11 Å². The second-order valence-electron chi connectivity index (χ2n) is 3.03. The maximum atomic E-state index is 11.2. The first-order chi connectivity index (χ1) is 5.83. The van der Waals surface area contributed by atoms with Gasteiger partial charge < -0.3 is 4.74 Å². The predicted molar refractivity (Wildman–Crippen MR) is 41.1 cm³/mol. The molecule has 1 N–H and O–H groups in total. The molecule has 2 rings (SSSR count). The van der Waals surface area contributed by atoms with Gasteiger partial charge in [-0.3, -0.25) is 9.63 Å². The molecule has 0 bridgehead atoms. The van der Waals surface area contributed by atoms with Crippen LogP contribution in [0.3, 0.4) is 0 Å². The summed E-state index contributed by atoms with van der Waals surface area (Å²) in [5, 5.41) is 0. The SMILES string of the molecule is COC(=O)[C@H]1NO[C@H]2C=CC[C@H]21. The Bertz CT molecular complexity index is 226. The summed E-state index contributed by atoms with van der Waals surface area (Å²) in [5.41, 5.74) is 2.68. The van der Waals surface area contributed by atoms with Crippen LogP contribution in [0.2, 0.25) is 0 Å². The molecule has 0 unspecified atom stereocenters. The Kier molecular flexibility index (Phi) is 1.86. The average Bonchev–Trinajstić information content (AvgIpc) is 2.62. The van der Waals surface area contributed by atoms with E-state index in [1.165, 1.54) is 7.11 Å². The van der Waals surface area contributed by atoms with E-state index in [9.17, 15) is 4.79 Å². The van der Waals surface area contributed by atoms with E-state index >= 15 is 0 Å². The number of allylic oxidation sites excluding steroid dienone is 1. The normalized spacial score (nSPS) is 38.2. The average molecular weight is 169 g/mol. The van der Waals surface area contributed by atoms with Crippen molar-refractivity contribution >= 4 is 5.97 Å². The second-order valence-corrected chi connectivity index (χ2v) is 3.03. The number of hydrogen-bond donors (Lipinski definition) is 1. The van der Waals surface area contributed by atoms with E-state index in [1.54, 1.807) is 0 Å². The van der Waals surface area contributed by atoms with Gasteiger partial charge in [-0.1, -0.05) is 12.2 Å². The van der Waals surface area contributed by atoms with Crippen molar-refractivity contribution in [3.63, 3.8) is 0 Å². The fraction of sp³-hybridized carbons (Fsp3) is 0.625. The fourth-order valence-corrected chi connectivity index (χ4v) is 1.69. The van der Waals surface area contributed by atoms with Gasteiger partial charge in [-0.05, 0) is 6.42 Å². The third-order valence-electron chi connectivity index (χ3n) is 2.37. The lowest BCUT2D eigenvalue weighted by Gasteiger charge is -2.11. The van der Waals surface area contributed by atoms with E-state index in [4.69, 9.17) is 4.84 Å². The molecule has 12 heavy (non-hydrogen) atoms. The highest BCUT2D eigenvalue weighted by Gasteiger charge is 2.42. The summed E-state index contributed by atoms with van der Waals surface area (Å²) >= 11 is 0. The van der Waals surface area contributed by atoms with Crippen molar-refractivity contribution in [1.82, 2.24) is 5.48 Å². The minimum Gasteiger partial charge on any atom is -0.468 e. The number of rotatable bonds is 1. The van der Waals surface area contributed by atoms with Crippen LogP contribution in [0.25, 0.3) is 0 Å². The summed E-state index contributed by atoms with van der Waals surface area (Å²) in [4.78, 5) is 16.3. The van der Waals surface area contributed by atoms with Crippen molar-refractivity contribution in [3.8, 4) is 0 Å². The minimum absolute atomic E-state index is 0.0501. The maximum absolute atomic E-state index is 11.2. The van der Waals surface area contributed by atoms with E-state index in [1.807, 2.05) is 12.2 Å². The molecule has 0 saturated carbocycles. The van der Waals surface area contributed by atoms with Crippen LogP contribution in [0.5, 0.6) is 0 Å². The second kappa shape index (κ2) is 2.88. The van der Waals surface area contributed by atoms with Crippen molar-refractivity contribution in [3.05, 3.63) is 12.2 Å². The van der Waals surface area contributed by atoms with Gasteiger partial charge in [0.05, 0.1) is 7.11 Å². The summed E-state index contributed by atoms with van der Waals surface area (Å²) in [6.45, 7) is 0. The van der Waals surface area contributed by atoms with Gasteiger partial charge in [-0.15, -0.1) is 0 Å². The van der Waals surface area contributed by atoms with E-state index in [-0.39, 0.29) is 24.0 Å². The molecule has 0 radical (unpaired) electrons. The van der Waals surface area contributed by atoms with Gasteiger partial charge in [-0.25, -0.2) is 0 Å². The van der Waals surface area contributed by atoms with Crippen LogP contribution in [-0.2, 0) is 14.4 Å². The Balaban J connectivity index is 2.06. The Morgan fingerprint density at radius 1 is 1.75 bits per heavy atom. The molecule has 0 aromatic carbocycles. The van der Waals surface area contributed by atoms with Crippen LogP contribution < -0.4 is 5.48 Å². The lowest BCUT2D eigenvalue weighted by Crippen LogP contribution is -2.36. The van der Waals surface area contributed by atoms with Crippen LogP contribution in [0.4, 0.5) is 0 Å². The van der Waals surface area contributed by atoms with Gasteiger partial charge in [0.15, 0.2) is 0 Å². The Morgan fingerprint density at radius 2 is 2.58 bits per heavy atom. The zero-order chi connectivity index (χ0) is 8.55. The summed E-state index contributed by atoms with van der Waals surface area (Å²) in [6.07, 6.45) is 4.94. The first kappa shape index (κ1) is 7.76. The molecule has 4 heteroatoms. The molecule has 1 saturated heterocycles. The highest BCUT2D eigenvalue weighted by molar-refractivity contribution is 5.76. The number of ether oxygens (including phenoxy) is 1. The molecular weight excluding hydrogens is 158 g/mol. The van der Waals surface area contributed by atoms with Crippen LogP contribution >= 0.6 is 0 Å². The fourth-order valence-electron chi connectivity index (χ4n) is 1.69. The van der Waals surface area contributed by atoms with Gasteiger partial charge in [0.2, 0.25) is 0 Å². The number of hydrogen-bond acceptors (Lipinski definition) is 4. The van der Waals surface area contributed by atoms with Crippen LogP contribution in [0.15, 0.2) is 12.2 Å². The number of carbonyl (C=O) groups is 1. The van der Waals surface area contributed by atoms with E-state index in [0.29, 0.717) is 0 Å². The molecule has 2 aliphatic rings. The van der Waals surface area contributed by atoms with Crippen LogP contribution in [-0.4, -0.2) is 25.2 Å². The lowest BCUT2D eigenvalue weighted by molar-refractivity contribution is -0.145. The summed E-state index contributed by atoms with van der Waals surface area (Å²) in [7, 11) is 1.39. The van der Waals surface area contributed by atoms with Crippen LogP contribution in [0, 0.1) is 5.92 Å². The third-order valence-corrected chi connectivity index (χ3v) is 2.37. The quantitative estimate of drug-likeness (QED) is 0.443. The van der Waals surface area contributed by atoms with Crippen molar-refractivity contribution < 1.29 is 14.4 Å². The molecular formula is C8H11NO3. The maximum Gasteiger partial charge on any atom is 0.325 e. The van der Waals surface area contributed by atoms with Gasteiger partial charge in [0.25, 0.3) is 0 Å². The van der Waals surface area contributed by atoms with E-state index in [2.05, 4.69) is 10.2 Å². The summed E-state index contributed by atoms with van der Waals surface area (Å²) < 4.78 is 4.63. The Hall–Kier alpha value is -0.870. The van der Waals surface area contributed by atoms with Crippen LogP contribution in [0.1, 0.15) is 6.42 Å². The zero-order valence-electron chi connectivity index (χ0n) is 6.82. The van der Waals surface area contributed by atoms with Gasteiger partial charge in [0.1, 0.15) is 12.1 Å². The molecule has 0 spiro atoms. The topological polar surface area (TPSA) is 47.6 Å². The summed E-state index contributed by atoms with van der Waals surface area (Å²) in [6, 6.07) is -0.296. The molecule has 3 atom stereocenters. The number of nitrogens with one attached hydrogen (secondary N) is 1. The number of hydroxylamine groups is 1. The molecule has 0 aromatic heterocycles. The van der Waals surface area contributed by atoms with Gasteiger partial charge in [-0.2, -0.15) is 5.48 Å².